The smallest absolute Gasteiger partial charge is 0.231 e. The third-order valence-corrected chi connectivity index (χ3v) is 7.58. The van der Waals surface area contributed by atoms with E-state index in [-0.39, 0.29) is 5.92 Å². The van der Waals surface area contributed by atoms with Crippen LogP contribution in [0.2, 0.25) is 0 Å². The van der Waals surface area contributed by atoms with Gasteiger partial charge in [0.25, 0.3) is 0 Å². The summed E-state index contributed by atoms with van der Waals surface area (Å²) >= 11 is 0. The maximum atomic E-state index is 13.4. The summed E-state index contributed by atoms with van der Waals surface area (Å²) in [7, 11) is 2.19. The normalized spacial score (nSPS) is 32.5. The molecule has 4 heteroatoms. The Labute approximate surface area is 160 Å². The first-order valence-electron chi connectivity index (χ1n) is 10.5. The zero-order valence-corrected chi connectivity index (χ0v) is 15.9. The van der Waals surface area contributed by atoms with E-state index in [2.05, 4.69) is 52.3 Å². The van der Waals surface area contributed by atoms with Crippen molar-refractivity contribution in [2.24, 2.45) is 11.8 Å². The molecule has 4 heterocycles. The Morgan fingerprint density at radius 1 is 1.15 bits per heavy atom. The van der Waals surface area contributed by atoms with E-state index in [0.29, 0.717) is 18.0 Å². The molecule has 2 aliphatic carbocycles. The van der Waals surface area contributed by atoms with E-state index in [1.165, 1.54) is 53.3 Å². The van der Waals surface area contributed by atoms with E-state index in [1.807, 2.05) is 0 Å². The lowest BCUT2D eigenvalue weighted by Gasteiger charge is -2.47. The monoisotopic (exact) mass is 361 g/mol. The fraction of sp³-hybridized carbons (Fsp3) is 0.522. The number of fused-ring (bicyclic) bond motifs is 5. The Kier molecular flexibility index (Phi) is 3.37. The van der Waals surface area contributed by atoms with Gasteiger partial charge in [-0.3, -0.25) is 9.69 Å². The Hall–Kier alpha value is -2.07. The predicted molar refractivity (Wildman–Crippen MR) is 107 cm³/mol. The first kappa shape index (κ1) is 15.9. The number of aromatic nitrogens is 1. The molecular weight excluding hydrogens is 334 g/mol. The van der Waals surface area contributed by atoms with Crippen LogP contribution in [0.25, 0.3) is 16.5 Å². The molecule has 3 aliphatic heterocycles. The third-order valence-electron chi connectivity index (χ3n) is 7.58. The minimum Gasteiger partial charge on any atom is -0.361 e. The highest BCUT2D eigenvalue weighted by Crippen LogP contribution is 2.42. The Balaban J connectivity index is 1.39. The fourth-order valence-electron chi connectivity index (χ4n) is 6.15. The summed E-state index contributed by atoms with van der Waals surface area (Å²) in [5.74, 6) is 1.11. The number of hydrogen-bond acceptors (Lipinski definition) is 2. The van der Waals surface area contributed by atoms with E-state index >= 15 is 0 Å². The number of hydrogen-bond donors (Lipinski definition) is 1. The summed E-state index contributed by atoms with van der Waals surface area (Å²) in [4.78, 5) is 21.5. The van der Waals surface area contributed by atoms with Crippen LogP contribution in [-0.2, 0) is 11.2 Å². The number of H-pyrrole nitrogens is 1. The summed E-state index contributed by atoms with van der Waals surface area (Å²) in [5.41, 5.74) is 5.31. The standard InChI is InChI=1S/C23H27N3O/c1-25-13-16(23(27)26-12-14-5-7-17(26)8-6-14)9-19-18-3-2-4-20-22(18)15(11-24-20)10-21(19)25/h2-4,9,11,14,16-17,21,24H,5-8,10,12-13H2,1H3. The van der Waals surface area contributed by atoms with E-state index in [9.17, 15) is 4.79 Å². The molecule has 7 rings (SSSR count). The Morgan fingerprint density at radius 2 is 2.00 bits per heavy atom. The summed E-state index contributed by atoms with van der Waals surface area (Å²) < 4.78 is 0. The maximum absolute atomic E-state index is 13.4. The van der Waals surface area contributed by atoms with E-state index in [1.54, 1.807) is 0 Å². The molecule has 2 saturated heterocycles. The molecule has 2 atom stereocenters. The van der Waals surface area contributed by atoms with Crippen molar-refractivity contribution in [2.75, 3.05) is 20.1 Å². The van der Waals surface area contributed by atoms with Gasteiger partial charge in [0.2, 0.25) is 5.91 Å². The van der Waals surface area contributed by atoms with Crippen LogP contribution in [0.1, 0.15) is 36.8 Å². The first-order valence-corrected chi connectivity index (χ1v) is 10.5. The molecule has 1 aromatic carbocycles. The minimum atomic E-state index is -0.00338. The molecule has 140 valence electrons. The van der Waals surface area contributed by atoms with E-state index in [4.69, 9.17) is 0 Å². The van der Waals surface area contributed by atoms with Gasteiger partial charge >= 0.3 is 0 Å². The lowest BCUT2D eigenvalue weighted by atomic mass is 9.77. The van der Waals surface area contributed by atoms with Gasteiger partial charge in [-0.15, -0.1) is 0 Å². The van der Waals surface area contributed by atoms with Gasteiger partial charge in [0, 0.05) is 42.3 Å². The van der Waals surface area contributed by atoms with Gasteiger partial charge in [0.15, 0.2) is 0 Å². The maximum Gasteiger partial charge on any atom is 0.231 e. The molecule has 4 nitrogen and oxygen atoms in total. The first-order chi connectivity index (χ1) is 13.2. The number of piperidine rings is 2. The molecule has 1 amide bonds. The average molecular weight is 361 g/mol. The number of rotatable bonds is 1. The van der Waals surface area contributed by atoms with E-state index < -0.39 is 0 Å². The van der Waals surface area contributed by atoms with Crippen LogP contribution in [0.3, 0.4) is 0 Å². The van der Waals surface area contributed by atoms with Crippen molar-refractivity contribution in [1.29, 1.82) is 0 Å². The number of carbonyl (C=O) groups excluding carboxylic acids is 1. The molecule has 0 spiro atoms. The van der Waals surface area contributed by atoms with Gasteiger partial charge in [-0.1, -0.05) is 18.2 Å². The van der Waals surface area contributed by atoms with Crippen LogP contribution in [0.4, 0.5) is 0 Å². The van der Waals surface area contributed by atoms with Crippen LogP contribution in [0, 0.1) is 11.8 Å². The molecule has 2 bridgehead atoms. The Bertz CT molecular complexity index is 950. The number of nitrogens with zero attached hydrogens (tertiary/aromatic N) is 2. The van der Waals surface area contributed by atoms with Crippen molar-refractivity contribution < 1.29 is 4.79 Å². The molecule has 5 aliphatic rings. The predicted octanol–water partition coefficient (Wildman–Crippen LogP) is 3.44. The molecule has 27 heavy (non-hydrogen) atoms. The van der Waals surface area contributed by atoms with Crippen LogP contribution >= 0.6 is 0 Å². The number of carbonyl (C=O) groups is 1. The molecule has 1 saturated carbocycles. The molecule has 1 aromatic heterocycles. The third kappa shape index (κ3) is 2.29. The SMILES string of the molecule is CN1CC(C(=O)N2CC3CCC2CC3)C=C2c3cccc4[nH]cc(c34)CC21. The highest BCUT2D eigenvalue weighted by Gasteiger charge is 2.41. The summed E-state index contributed by atoms with van der Waals surface area (Å²) in [6.07, 6.45) is 10.6. The van der Waals surface area contributed by atoms with Crippen molar-refractivity contribution in [2.45, 2.75) is 44.2 Å². The van der Waals surface area contributed by atoms with Crippen molar-refractivity contribution in [1.82, 2.24) is 14.8 Å². The van der Waals surface area contributed by atoms with Gasteiger partial charge in [-0.05, 0) is 67.8 Å². The van der Waals surface area contributed by atoms with Crippen molar-refractivity contribution in [3.05, 3.63) is 41.6 Å². The molecule has 0 radical (unpaired) electrons. The fourth-order valence-corrected chi connectivity index (χ4v) is 6.15. The zero-order chi connectivity index (χ0) is 18.1. The molecule has 1 N–H and O–H groups in total. The second-order valence-electron chi connectivity index (χ2n) is 9.10. The number of nitrogens with one attached hydrogen (secondary N) is 1. The average Bonchev–Trinajstić information content (AvgIpc) is 3.13. The van der Waals surface area contributed by atoms with Gasteiger partial charge in [-0.2, -0.15) is 0 Å². The van der Waals surface area contributed by atoms with Gasteiger partial charge in [0.1, 0.15) is 0 Å². The van der Waals surface area contributed by atoms with Gasteiger partial charge in [-0.25, -0.2) is 0 Å². The minimum absolute atomic E-state index is 0.00338. The van der Waals surface area contributed by atoms with Gasteiger partial charge < -0.3 is 9.88 Å². The zero-order valence-electron chi connectivity index (χ0n) is 15.9. The number of benzene rings is 1. The quantitative estimate of drug-likeness (QED) is 0.845. The van der Waals surface area contributed by atoms with Crippen LogP contribution in [-0.4, -0.2) is 52.9 Å². The molecule has 2 aromatic rings. The van der Waals surface area contributed by atoms with E-state index in [0.717, 1.165) is 25.4 Å². The second-order valence-corrected chi connectivity index (χ2v) is 9.10. The van der Waals surface area contributed by atoms with Crippen molar-refractivity contribution in [3.8, 4) is 0 Å². The molecule has 3 fully saturated rings. The topological polar surface area (TPSA) is 39.3 Å². The van der Waals surface area contributed by atoms with Crippen LogP contribution in [0.15, 0.2) is 30.5 Å². The summed E-state index contributed by atoms with van der Waals surface area (Å²) in [6.45, 7) is 1.84. The highest BCUT2D eigenvalue weighted by molar-refractivity contribution is 5.99. The Morgan fingerprint density at radius 3 is 2.78 bits per heavy atom. The summed E-state index contributed by atoms with van der Waals surface area (Å²) in [6, 6.07) is 7.41. The summed E-state index contributed by atoms with van der Waals surface area (Å²) in [5, 5.41) is 1.36. The lowest BCUT2D eigenvalue weighted by Crippen LogP contribution is -2.55. The number of aromatic amines is 1. The van der Waals surface area contributed by atoms with Gasteiger partial charge in [0.05, 0.1) is 5.92 Å². The largest absolute Gasteiger partial charge is 0.361 e. The van der Waals surface area contributed by atoms with Crippen molar-refractivity contribution in [3.63, 3.8) is 0 Å². The molecule has 2 unspecified atom stereocenters. The number of likely N-dealkylation sites (N-methyl/N-ethyl adjacent to an activating group) is 1. The second kappa shape index (κ2) is 5.71. The van der Waals surface area contributed by atoms with Crippen molar-refractivity contribution >= 4 is 22.4 Å². The highest BCUT2D eigenvalue weighted by atomic mass is 16.2. The van der Waals surface area contributed by atoms with Crippen LogP contribution in [0.5, 0.6) is 0 Å². The molecular formula is C23H27N3O. The van der Waals surface area contributed by atoms with Crippen LogP contribution < -0.4 is 0 Å². The number of amides is 1. The lowest BCUT2D eigenvalue weighted by molar-refractivity contribution is -0.142.